The van der Waals surface area contributed by atoms with Gasteiger partial charge in [-0.05, 0) is 66.5 Å². The van der Waals surface area contributed by atoms with Crippen LogP contribution in [0.1, 0.15) is 5.56 Å². The molecular weight excluding hydrogens is 476 g/mol. The molecule has 168 valence electrons. The summed E-state index contributed by atoms with van der Waals surface area (Å²) in [7, 11) is 2.17. The number of hydrogen-bond acceptors (Lipinski definition) is 4. The molecule has 2 heterocycles. The molecule has 5 nitrogen and oxygen atoms in total. The lowest BCUT2D eigenvalue weighted by Gasteiger charge is -2.34. The summed E-state index contributed by atoms with van der Waals surface area (Å²) in [5.41, 5.74) is 5.23. The number of rotatable bonds is 5. The Hall–Kier alpha value is -3.09. The standard InChI is InChI=1S/C27H27BrN4O/c1-30-14-16-31(17-15-30)24-11-9-22(10-12-24)29-23-8-6-20-7-13-27(33)32(26(20)18-23)19-21-4-2-3-5-25(21)28/h2-13,18,29H,14-17,19H2,1H3. The smallest absolute Gasteiger partial charge is 0.251 e. The number of hydrogen-bond donors (Lipinski definition) is 1. The second-order valence-electron chi connectivity index (χ2n) is 8.58. The highest BCUT2D eigenvalue weighted by Crippen LogP contribution is 2.25. The molecule has 0 radical (unpaired) electrons. The van der Waals surface area contributed by atoms with E-state index >= 15 is 0 Å². The maximum absolute atomic E-state index is 12.7. The minimum atomic E-state index is -0.00747. The number of anilines is 3. The van der Waals surface area contributed by atoms with Gasteiger partial charge >= 0.3 is 0 Å². The molecule has 0 amide bonds. The van der Waals surface area contributed by atoms with E-state index in [1.54, 1.807) is 6.07 Å². The number of pyridine rings is 1. The van der Waals surface area contributed by atoms with Gasteiger partial charge in [0.1, 0.15) is 0 Å². The van der Waals surface area contributed by atoms with Crippen LogP contribution in [-0.2, 0) is 6.54 Å². The molecule has 0 saturated carbocycles. The van der Waals surface area contributed by atoms with Gasteiger partial charge in [0.25, 0.3) is 5.56 Å². The number of fused-ring (bicyclic) bond motifs is 1. The average Bonchev–Trinajstić information content (AvgIpc) is 2.83. The van der Waals surface area contributed by atoms with Gasteiger partial charge < -0.3 is 19.7 Å². The predicted octanol–water partition coefficient (Wildman–Crippen LogP) is 5.31. The zero-order chi connectivity index (χ0) is 22.8. The number of likely N-dealkylation sites (N-methyl/N-ethyl adjacent to an activating group) is 1. The van der Waals surface area contributed by atoms with Crippen molar-refractivity contribution in [3.63, 3.8) is 0 Å². The van der Waals surface area contributed by atoms with Gasteiger partial charge in [-0.15, -0.1) is 0 Å². The predicted molar refractivity (Wildman–Crippen MR) is 141 cm³/mol. The molecule has 0 spiro atoms. The van der Waals surface area contributed by atoms with Gasteiger partial charge in [-0.25, -0.2) is 0 Å². The lowest BCUT2D eigenvalue weighted by molar-refractivity contribution is 0.313. The molecule has 1 aromatic heterocycles. The van der Waals surface area contributed by atoms with Crippen LogP contribution in [0.2, 0.25) is 0 Å². The summed E-state index contributed by atoms with van der Waals surface area (Å²) >= 11 is 3.60. The first-order valence-corrected chi connectivity index (χ1v) is 12.0. The topological polar surface area (TPSA) is 40.5 Å². The zero-order valence-corrected chi connectivity index (χ0v) is 20.3. The van der Waals surface area contributed by atoms with E-state index < -0.39 is 0 Å². The first kappa shape index (κ1) is 21.7. The van der Waals surface area contributed by atoms with Crippen molar-refractivity contribution in [2.75, 3.05) is 43.4 Å². The summed E-state index contributed by atoms with van der Waals surface area (Å²) in [5.74, 6) is 0. The molecule has 33 heavy (non-hydrogen) atoms. The number of benzene rings is 3. The maximum Gasteiger partial charge on any atom is 0.251 e. The lowest BCUT2D eigenvalue weighted by Crippen LogP contribution is -2.44. The highest BCUT2D eigenvalue weighted by atomic mass is 79.9. The molecule has 0 bridgehead atoms. The minimum absolute atomic E-state index is 0.00747. The molecule has 0 unspecified atom stereocenters. The molecule has 6 heteroatoms. The van der Waals surface area contributed by atoms with E-state index in [9.17, 15) is 4.79 Å². The van der Waals surface area contributed by atoms with Gasteiger partial charge in [0, 0.05) is 53.8 Å². The van der Waals surface area contributed by atoms with Gasteiger partial charge in [-0.1, -0.05) is 40.2 Å². The van der Waals surface area contributed by atoms with Crippen LogP contribution in [0, 0.1) is 0 Å². The number of piperazine rings is 1. The van der Waals surface area contributed by atoms with Gasteiger partial charge in [-0.2, -0.15) is 0 Å². The van der Waals surface area contributed by atoms with Crippen molar-refractivity contribution in [1.29, 1.82) is 0 Å². The van der Waals surface area contributed by atoms with Crippen molar-refractivity contribution < 1.29 is 0 Å². The lowest BCUT2D eigenvalue weighted by atomic mass is 10.1. The van der Waals surface area contributed by atoms with Crippen LogP contribution < -0.4 is 15.8 Å². The Bertz CT molecular complexity index is 1320. The Kier molecular flexibility index (Phi) is 6.20. The van der Waals surface area contributed by atoms with E-state index in [1.165, 1.54) is 5.69 Å². The Morgan fingerprint density at radius 2 is 1.55 bits per heavy atom. The fourth-order valence-electron chi connectivity index (χ4n) is 4.31. The van der Waals surface area contributed by atoms with Crippen LogP contribution in [0.25, 0.3) is 10.9 Å². The van der Waals surface area contributed by atoms with Gasteiger partial charge in [0.15, 0.2) is 0 Å². The summed E-state index contributed by atoms with van der Waals surface area (Å²) < 4.78 is 2.83. The van der Waals surface area contributed by atoms with Gasteiger partial charge in [-0.3, -0.25) is 4.79 Å². The maximum atomic E-state index is 12.7. The Balaban J connectivity index is 1.40. The molecule has 1 saturated heterocycles. The van der Waals surface area contributed by atoms with E-state index in [0.717, 1.165) is 58.5 Å². The fourth-order valence-corrected chi connectivity index (χ4v) is 4.72. The molecule has 1 aliphatic heterocycles. The van der Waals surface area contributed by atoms with Crippen LogP contribution in [0.15, 0.2) is 88.1 Å². The summed E-state index contributed by atoms with van der Waals surface area (Å²) in [6.07, 6.45) is 0. The van der Waals surface area contributed by atoms with Gasteiger partial charge in [0.2, 0.25) is 0 Å². The molecule has 0 atom stereocenters. The normalized spacial score (nSPS) is 14.5. The van der Waals surface area contributed by atoms with E-state index in [2.05, 4.69) is 80.6 Å². The largest absolute Gasteiger partial charge is 0.369 e. The second kappa shape index (κ2) is 9.41. The minimum Gasteiger partial charge on any atom is -0.369 e. The quantitative estimate of drug-likeness (QED) is 0.401. The van der Waals surface area contributed by atoms with Crippen molar-refractivity contribution in [2.24, 2.45) is 0 Å². The monoisotopic (exact) mass is 502 g/mol. The van der Waals surface area contributed by atoms with E-state index in [0.29, 0.717) is 6.54 Å². The van der Waals surface area contributed by atoms with Crippen molar-refractivity contribution in [3.8, 4) is 0 Å². The number of aromatic nitrogens is 1. The fraction of sp³-hybridized carbons (Fsp3) is 0.222. The molecule has 5 rings (SSSR count). The molecule has 1 fully saturated rings. The van der Waals surface area contributed by atoms with E-state index in [1.807, 2.05) is 34.9 Å². The van der Waals surface area contributed by atoms with Crippen molar-refractivity contribution in [2.45, 2.75) is 6.54 Å². The first-order chi connectivity index (χ1) is 16.1. The van der Waals surface area contributed by atoms with E-state index in [-0.39, 0.29) is 5.56 Å². The SMILES string of the molecule is CN1CCN(c2ccc(Nc3ccc4ccc(=O)n(Cc5ccccc5Br)c4c3)cc2)CC1. The Morgan fingerprint density at radius 3 is 2.30 bits per heavy atom. The summed E-state index contributed by atoms with van der Waals surface area (Å²) in [5, 5.41) is 4.54. The Labute approximate surface area is 202 Å². The van der Waals surface area contributed by atoms with E-state index in [4.69, 9.17) is 0 Å². The van der Waals surface area contributed by atoms with Crippen molar-refractivity contribution in [3.05, 3.63) is 99.3 Å². The third kappa shape index (κ3) is 4.82. The summed E-state index contributed by atoms with van der Waals surface area (Å²) in [6.45, 7) is 4.82. The number of nitrogens with zero attached hydrogens (tertiary/aromatic N) is 3. The molecule has 1 N–H and O–H groups in total. The average molecular weight is 503 g/mol. The first-order valence-electron chi connectivity index (χ1n) is 11.2. The second-order valence-corrected chi connectivity index (χ2v) is 9.44. The molecular formula is C27H27BrN4O. The zero-order valence-electron chi connectivity index (χ0n) is 18.7. The summed E-state index contributed by atoms with van der Waals surface area (Å²) in [4.78, 5) is 17.5. The number of halogens is 1. The van der Waals surface area contributed by atoms with Crippen LogP contribution >= 0.6 is 15.9 Å². The molecule has 4 aromatic rings. The molecule has 0 aliphatic carbocycles. The molecule has 1 aliphatic rings. The molecule has 3 aromatic carbocycles. The van der Waals surface area contributed by atoms with Crippen LogP contribution in [0.4, 0.5) is 17.1 Å². The Morgan fingerprint density at radius 1 is 0.848 bits per heavy atom. The third-order valence-corrected chi connectivity index (χ3v) is 7.08. The van der Waals surface area contributed by atoms with Crippen molar-refractivity contribution in [1.82, 2.24) is 9.47 Å². The van der Waals surface area contributed by atoms with Crippen LogP contribution in [0.5, 0.6) is 0 Å². The van der Waals surface area contributed by atoms with Crippen LogP contribution in [-0.4, -0.2) is 42.7 Å². The highest BCUT2D eigenvalue weighted by Gasteiger charge is 2.14. The van der Waals surface area contributed by atoms with Crippen molar-refractivity contribution >= 4 is 43.9 Å². The summed E-state index contributed by atoms with van der Waals surface area (Å²) in [6, 6.07) is 26.3. The van der Waals surface area contributed by atoms with Gasteiger partial charge in [0.05, 0.1) is 12.1 Å². The third-order valence-electron chi connectivity index (χ3n) is 6.30. The van der Waals surface area contributed by atoms with Crippen LogP contribution in [0.3, 0.4) is 0 Å². The highest BCUT2D eigenvalue weighted by molar-refractivity contribution is 9.10. The number of nitrogens with one attached hydrogen (secondary N) is 1.